The molecule has 1 unspecified atom stereocenters. The van der Waals surface area contributed by atoms with Crippen LogP contribution in [-0.2, 0) is 0 Å². The Morgan fingerprint density at radius 1 is 1.00 bits per heavy atom. The summed E-state index contributed by atoms with van der Waals surface area (Å²) in [5.41, 5.74) is 2.17. The normalized spacial score (nSPS) is 14.1. The van der Waals surface area contributed by atoms with E-state index in [9.17, 15) is 4.39 Å². The molecule has 0 amide bonds. The minimum absolute atomic E-state index is 0.0896. The Morgan fingerprint density at radius 2 is 1.55 bits per heavy atom. The van der Waals surface area contributed by atoms with Crippen molar-refractivity contribution >= 4 is 27.5 Å². The lowest BCUT2D eigenvalue weighted by molar-refractivity contribution is 0.494. The number of rotatable bonds is 4. The van der Waals surface area contributed by atoms with Crippen molar-refractivity contribution in [3.8, 4) is 0 Å². The SMILES string of the molecule is CC(N[C@@H](C)c1ccc(Br)cc1)c1ccc(F)c(Cl)c1. The molecule has 2 aromatic rings. The summed E-state index contributed by atoms with van der Waals surface area (Å²) in [7, 11) is 0. The van der Waals surface area contributed by atoms with Gasteiger partial charge in [0.25, 0.3) is 0 Å². The zero-order valence-electron chi connectivity index (χ0n) is 11.3. The Balaban J connectivity index is 2.08. The van der Waals surface area contributed by atoms with E-state index in [2.05, 4.69) is 40.3 Å². The molecule has 4 heteroatoms. The molecule has 0 saturated heterocycles. The van der Waals surface area contributed by atoms with E-state index in [0.29, 0.717) is 0 Å². The lowest BCUT2D eigenvalue weighted by Gasteiger charge is -2.21. The largest absolute Gasteiger partial charge is 0.304 e. The first kappa shape index (κ1) is 15.5. The van der Waals surface area contributed by atoms with E-state index in [1.807, 2.05) is 19.1 Å². The molecule has 2 rings (SSSR count). The molecule has 0 fully saturated rings. The van der Waals surface area contributed by atoms with Gasteiger partial charge in [-0.2, -0.15) is 0 Å². The van der Waals surface area contributed by atoms with Crippen LogP contribution in [0.4, 0.5) is 4.39 Å². The van der Waals surface area contributed by atoms with E-state index in [-0.39, 0.29) is 22.9 Å². The predicted molar refractivity (Wildman–Crippen MR) is 85.5 cm³/mol. The van der Waals surface area contributed by atoms with E-state index < -0.39 is 0 Å². The van der Waals surface area contributed by atoms with Crippen LogP contribution in [0.2, 0.25) is 5.02 Å². The zero-order valence-corrected chi connectivity index (χ0v) is 13.7. The van der Waals surface area contributed by atoms with Crippen LogP contribution >= 0.6 is 27.5 Å². The first-order chi connectivity index (χ1) is 9.47. The average molecular weight is 357 g/mol. The zero-order chi connectivity index (χ0) is 14.7. The molecule has 0 bridgehead atoms. The highest BCUT2D eigenvalue weighted by Gasteiger charge is 2.12. The van der Waals surface area contributed by atoms with E-state index in [0.717, 1.165) is 10.0 Å². The Bertz CT molecular complexity index is 586. The Kier molecular flexibility index (Phi) is 5.19. The monoisotopic (exact) mass is 355 g/mol. The standard InChI is InChI=1S/C16H16BrClFN/c1-10(12-3-6-14(17)7-4-12)20-11(2)13-5-8-16(19)15(18)9-13/h3-11,20H,1-2H3/t10-,11?/m0/s1. The quantitative estimate of drug-likeness (QED) is 0.746. The third-order valence-electron chi connectivity index (χ3n) is 3.31. The van der Waals surface area contributed by atoms with E-state index in [1.54, 1.807) is 12.1 Å². The van der Waals surface area contributed by atoms with Gasteiger partial charge in [0.05, 0.1) is 5.02 Å². The summed E-state index contributed by atoms with van der Waals surface area (Å²) in [6.07, 6.45) is 0. The Hall–Kier alpha value is -0.900. The summed E-state index contributed by atoms with van der Waals surface area (Å²) in [5, 5.41) is 3.64. The predicted octanol–water partition coefficient (Wildman–Crippen LogP) is 5.65. The van der Waals surface area contributed by atoms with Crippen LogP contribution in [0.5, 0.6) is 0 Å². The summed E-state index contributed by atoms with van der Waals surface area (Å²) >= 11 is 9.25. The fourth-order valence-electron chi connectivity index (χ4n) is 2.10. The third-order valence-corrected chi connectivity index (χ3v) is 4.13. The van der Waals surface area contributed by atoms with Gasteiger partial charge >= 0.3 is 0 Å². The van der Waals surface area contributed by atoms with Gasteiger partial charge in [-0.1, -0.05) is 45.7 Å². The van der Waals surface area contributed by atoms with Gasteiger partial charge in [-0.15, -0.1) is 0 Å². The molecule has 2 atom stereocenters. The third kappa shape index (κ3) is 3.81. The number of hydrogen-bond donors (Lipinski definition) is 1. The second kappa shape index (κ2) is 6.70. The van der Waals surface area contributed by atoms with Crippen molar-refractivity contribution in [3.05, 3.63) is 68.9 Å². The summed E-state index contributed by atoms with van der Waals surface area (Å²) < 4.78 is 14.2. The molecular weight excluding hydrogens is 341 g/mol. The molecular formula is C16H16BrClFN. The maximum Gasteiger partial charge on any atom is 0.141 e. The summed E-state index contributed by atoms with van der Waals surface area (Å²) in [6, 6.07) is 13.3. The van der Waals surface area contributed by atoms with Crippen LogP contribution in [0.15, 0.2) is 46.9 Å². The molecule has 0 aliphatic heterocycles. The molecule has 0 spiro atoms. The van der Waals surface area contributed by atoms with Crippen LogP contribution < -0.4 is 5.32 Å². The van der Waals surface area contributed by atoms with Gasteiger partial charge in [-0.05, 0) is 49.2 Å². The van der Waals surface area contributed by atoms with E-state index in [1.165, 1.54) is 11.6 Å². The topological polar surface area (TPSA) is 12.0 Å². The minimum atomic E-state index is -0.386. The minimum Gasteiger partial charge on any atom is -0.304 e. The molecule has 0 aliphatic rings. The first-order valence-electron chi connectivity index (χ1n) is 6.44. The highest BCUT2D eigenvalue weighted by atomic mass is 79.9. The smallest absolute Gasteiger partial charge is 0.141 e. The van der Waals surface area contributed by atoms with Crippen molar-refractivity contribution in [2.24, 2.45) is 0 Å². The second-order valence-electron chi connectivity index (χ2n) is 4.84. The molecule has 0 heterocycles. The van der Waals surface area contributed by atoms with Crippen LogP contribution in [0.3, 0.4) is 0 Å². The van der Waals surface area contributed by atoms with Crippen LogP contribution in [-0.4, -0.2) is 0 Å². The molecule has 0 aliphatic carbocycles. The van der Waals surface area contributed by atoms with E-state index >= 15 is 0 Å². The number of hydrogen-bond acceptors (Lipinski definition) is 1. The maximum atomic E-state index is 13.2. The maximum absolute atomic E-state index is 13.2. The summed E-state index contributed by atoms with van der Waals surface area (Å²) in [6.45, 7) is 4.14. The van der Waals surface area contributed by atoms with Gasteiger partial charge in [0.15, 0.2) is 0 Å². The number of nitrogens with one attached hydrogen (secondary N) is 1. The molecule has 1 nitrogen and oxygen atoms in total. The van der Waals surface area contributed by atoms with Crippen molar-refractivity contribution in [2.75, 3.05) is 0 Å². The highest BCUT2D eigenvalue weighted by Crippen LogP contribution is 2.24. The van der Waals surface area contributed by atoms with Crippen molar-refractivity contribution < 1.29 is 4.39 Å². The van der Waals surface area contributed by atoms with Crippen molar-refractivity contribution in [1.82, 2.24) is 5.32 Å². The first-order valence-corrected chi connectivity index (χ1v) is 7.61. The Labute approximate surface area is 132 Å². The molecule has 106 valence electrons. The summed E-state index contributed by atoms with van der Waals surface area (Å²) in [4.78, 5) is 0. The average Bonchev–Trinajstić information content (AvgIpc) is 2.42. The molecule has 1 N–H and O–H groups in total. The lowest BCUT2D eigenvalue weighted by Crippen LogP contribution is -2.22. The van der Waals surface area contributed by atoms with Gasteiger partial charge in [0, 0.05) is 16.6 Å². The number of benzene rings is 2. The van der Waals surface area contributed by atoms with Gasteiger partial charge in [0.1, 0.15) is 5.82 Å². The fraction of sp³-hybridized carbons (Fsp3) is 0.250. The lowest BCUT2D eigenvalue weighted by atomic mass is 10.0. The van der Waals surface area contributed by atoms with Gasteiger partial charge in [0.2, 0.25) is 0 Å². The molecule has 2 aromatic carbocycles. The molecule has 0 radical (unpaired) electrons. The van der Waals surface area contributed by atoms with Gasteiger partial charge < -0.3 is 5.32 Å². The molecule has 0 saturated carbocycles. The van der Waals surface area contributed by atoms with E-state index in [4.69, 9.17) is 11.6 Å². The van der Waals surface area contributed by atoms with Crippen LogP contribution in [0.25, 0.3) is 0 Å². The Morgan fingerprint density at radius 3 is 2.15 bits per heavy atom. The highest BCUT2D eigenvalue weighted by molar-refractivity contribution is 9.10. The molecule has 0 aromatic heterocycles. The van der Waals surface area contributed by atoms with Crippen LogP contribution in [0.1, 0.15) is 37.1 Å². The molecule has 20 heavy (non-hydrogen) atoms. The second-order valence-corrected chi connectivity index (χ2v) is 6.16. The number of halogens is 3. The fourth-order valence-corrected chi connectivity index (χ4v) is 2.55. The van der Waals surface area contributed by atoms with Crippen molar-refractivity contribution in [3.63, 3.8) is 0 Å². The van der Waals surface area contributed by atoms with Crippen molar-refractivity contribution in [1.29, 1.82) is 0 Å². The van der Waals surface area contributed by atoms with Crippen LogP contribution in [0, 0.1) is 5.82 Å². The van der Waals surface area contributed by atoms with Gasteiger partial charge in [-0.3, -0.25) is 0 Å². The summed E-state index contributed by atoms with van der Waals surface area (Å²) in [5.74, 6) is -0.386. The van der Waals surface area contributed by atoms with Crippen molar-refractivity contribution in [2.45, 2.75) is 25.9 Å². The van der Waals surface area contributed by atoms with Gasteiger partial charge in [-0.25, -0.2) is 4.39 Å².